The first-order chi connectivity index (χ1) is 9.76. The first-order valence-electron chi connectivity index (χ1n) is 6.60. The van der Waals surface area contributed by atoms with Crippen molar-refractivity contribution in [2.24, 2.45) is 0 Å². The van der Waals surface area contributed by atoms with Crippen molar-refractivity contribution in [3.05, 3.63) is 42.0 Å². The van der Waals surface area contributed by atoms with Crippen LogP contribution in [0.15, 0.2) is 30.9 Å². The molecule has 3 heteroatoms. The molecule has 0 spiro atoms. The van der Waals surface area contributed by atoms with Crippen LogP contribution >= 0.6 is 0 Å². The van der Waals surface area contributed by atoms with Crippen LogP contribution in [0.25, 0.3) is 0 Å². The Morgan fingerprint density at radius 3 is 2.60 bits per heavy atom. The predicted molar refractivity (Wildman–Crippen MR) is 80.7 cm³/mol. The van der Waals surface area contributed by atoms with Gasteiger partial charge in [0.2, 0.25) is 0 Å². The summed E-state index contributed by atoms with van der Waals surface area (Å²) in [7, 11) is 4.85. The molecule has 3 nitrogen and oxygen atoms in total. The quantitative estimate of drug-likeness (QED) is 0.328. The van der Waals surface area contributed by atoms with E-state index in [1.807, 2.05) is 24.3 Å². The van der Waals surface area contributed by atoms with E-state index < -0.39 is 6.29 Å². The number of methoxy groups -OCH3 is 3. The van der Waals surface area contributed by atoms with Crippen molar-refractivity contribution in [1.82, 2.24) is 0 Å². The van der Waals surface area contributed by atoms with Crippen molar-refractivity contribution in [3.8, 4) is 17.6 Å². The number of hydrogen-bond acceptors (Lipinski definition) is 3. The summed E-state index contributed by atoms with van der Waals surface area (Å²) >= 11 is 0. The molecule has 1 aromatic carbocycles. The Kier molecular flexibility index (Phi) is 7.49. The normalized spacial score (nSPS) is 10.0. The van der Waals surface area contributed by atoms with E-state index in [0.717, 1.165) is 36.1 Å². The minimum Gasteiger partial charge on any atom is -0.497 e. The molecule has 1 rings (SSSR count). The number of benzene rings is 1. The average molecular weight is 274 g/mol. The second kappa shape index (κ2) is 9.19. The van der Waals surface area contributed by atoms with E-state index in [1.165, 1.54) is 0 Å². The van der Waals surface area contributed by atoms with E-state index in [1.54, 1.807) is 21.3 Å². The summed E-state index contributed by atoms with van der Waals surface area (Å²) in [5.41, 5.74) is 1.78. The lowest BCUT2D eigenvalue weighted by Gasteiger charge is -2.16. The average Bonchev–Trinajstić information content (AvgIpc) is 2.49. The smallest absolute Gasteiger partial charge is 0.184 e. The fourth-order valence-corrected chi connectivity index (χ4v) is 1.82. The maximum absolute atomic E-state index is 5.31. The van der Waals surface area contributed by atoms with Crippen LogP contribution in [0.4, 0.5) is 0 Å². The third-order valence-corrected chi connectivity index (χ3v) is 2.87. The van der Waals surface area contributed by atoms with Crippen molar-refractivity contribution in [3.63, 3.8) is 0 Å². The fourth-order valence-electron chi connectivity index (χ4n) is 1.82. The zero-order valence-corrected chi connectivity index (χ0v) is 12.4. The highest BCUT2D eigenvalue weighted by molar-refractivity contribution is 5.46. The number of unbranched alkanes of at least 4 members (excludes halogenated alkanes) is 2. The molecule has 108 valence electrons. The Hall–Kier alpha value is -1.76. The standard InChI is InChI=1S/C17H22O3/c1-5-6-7-8-9-10-14-11-12-15(18-2)13-16(14)17(19-3)20-4/h5,11-13,17H,1,6-8H2,2-4H3. The molecule has 0 unspecified atom stereocenters. The van der Waals surface area contributed by atoms with Gasteiger partial charge in [0.05, 0.1) is 7.11 Å². The van der Waals surface area contributed by atoms with Gasteiger partial charge in [0.15, 0.2) is 6.29 Å². The largest absolute Gasteiger partial charge is 0.497 e. The van der Waals surface area contributed by atoms with Gasteiger partial charge >= 0.3 is 0 Å². The van der Waals surface area contributed by atoms with Gasteiger partial charge in [0.25, 0.3) is 0 Å². The van der Waals surface area contributed by atoms with Crippen LogP contribution in [-0.2, 0) is 9.47 Å². The molecule has 1 aromatic rings. The zero-order chi connectivity index (χ0) is 14.8. The summed E-state index contributed by atoms with van der Waals surface area (Å²) in [5.74, 6) is 7.10. The lowest BCUT2D eigenvalue weighted by molar-refractivity contribution is -0.106. The first-order valence-corrected chi connectivity index (χ1v) is 6.60. The van der Waals surface area contributed by atoms with Crippen LogP contribution in [0.5, 0.6) is 5.75 Å². The predicted octanol–water partition coefficient (Wildman–Crippen LogP) is 3.69. The summed E-state index contributed by atoms with van der Waals surface area (Å²) in [4.78, 5) is 0. The van der Waals surface area contributed by atoms with Gasteiger partial charge in [-0.05, 0) is 31.0 Å². The zero-order valence-electron chi connectivity index (χ0n) is 12.4. The number of ether oxygens (including phenoxy) is 3. The van der Waals surface area contributed by atoms with Gasteiger partial charge in [-0.1, -0.05) is 17.9 Å². The van der Waals surface area contributed by atoms with Gasteiger partial charge in [0.1, 0.15) is 5.75 Å². The highest BCUT2D eigenvalue weighted by Crippen LogP contribution is 2.25. The van der Waals surface area contributed by atoms with Crippen LogP contribution in [0, 0.1) is 11.8 Å². The van der Waals surface area contributed by atoms with Crippen LogP contribution in [-0.4, -0.2) is 21.3 Å². The molecule has 0 N–H and O–H groups in total. The van der Waals surface area contributed by atoms with Gasteiger partial charge in [-0.3, -0.25) is 0 Å². The lowest BCUT2D eigenvalue weighted by atomic mass is 10.1. The number of hydrogen-bond donors (Lipinski definition) is 0. The van der Waals surface area contributed by atoms with E-state index in [4.69, 9.17) is 14.2 Å². The highest BCUT2D eigenvalue weighted by Gasteiger charge is 2.14. The van der Waals surface area contributed by atoms with Crippen LogP contribution in [0.3, 0.4) is 0 Å². The van der Waals surface area contributed by atoms with Crippen molar-refractivity contribution < 1.29 is 14.2 Å². The van der Waals surface area contributed by atoms with Gasteiger partial charge in [-0.2, -0.15) is 0 Å². The summed E-state index contributed by atoms with van der Waals surface area (Å²) in [6.07, 6.45) is 4.33. The molecule has 0 bridgehead atoms. The number of rotatable bonds is 7. The third-order valence-electron chi connectivity index (χ3n) is 2.87. The third kappa shape index (κ3) is 4.73. The minimum atomic E-state index is -0.442. The Morgan fingerprint density at radius 2 is 2.00 bits per heavy atom. The molecule has 0 radical (unpaired) electrons. The molecule has 0 saturated carbocycles. The molecule has 0 aliphatic rings. The first kappa shape index (κ1) is 16.3. The van der Waals surface area contributed by atoms with Crippen molar-refractivity contribution in [2.75, 3.05) is 21.3 Å². The molecule has 0 saturated heterocycles. The van der Waals surface area contributed by atoms with Crippen LogP contribution in [0.1, 0.15) is 36.7 Å². The summed E-state index contributed by atoms with van der Waals surface area (Å²) in [6, 6.07) is 5.71. The van der Waals surface area contributed by atoms with Gasteiger partial charge in [0, 0.05) is 31.8 Å². The molecule has 20 heavy (non-hydrogen) atoms. The van der Waals surface area contributed by atoms with E-state index in [9.17, 15) is 0 Å². The van der Waals surface area contributed by atoms with Crippen molar-refractivity contribution >= 4 is 0 Å². The van der Waals surface area contributed by atoms with E-state index in [-0.39, 0.29) is 0 Å². The molecular weight excluding hydrogens is 252 g/mol. The highest BCUT2D eigenvalue weighted by atomic mass is 16.7. The second-order valence-corrected chi connectivity index (χ2v) is 4.24. The summed E-state index contributed by atoms with van der Waals surface area (Å²) in [6.45, 7) is 3.70. The van der Waals surface area contributed by atoms with Gasteiger partial charge < -0.3 is 14.2 Å². The Labute approximate surface area is 121 Å². The second-order valence-electron chi connectivity index (χ2n) is 4.24. The SMILES string of the molecule is C=CCCCC#Cc1ccc(OC)cc1C(OC)OC. The summed E-state index contributed by atoms with van der Waals surface area (Å²) < 4.78 is 15.9. The lowest BCUT2D eigenvalue weighted by Crippen LogP contribution is -2.06. The maximum Gasteiger partial charge on any atom is 0.184 e. The fraction of sp³-hybridized carbons (Fsp3) is 0.412. The molecule has 0 aromatic heterocycles. The topological polar surface area (TPSA) is 27.7 Å². The molecule has 0 heterocycles. The number of allylic oxidation sites excluding steroid dienone is 1. The Balaban J connectivity index is 2.95. The van der Waals surface area contributed by atoms with E-state index in [2.05, 4.69) is 18.4 Å². The van der Waals surface area contributed by atoms with E-state index in [0.29, 0.717) is 0 Å². The maximum atomic E-state index is 5.31. The molecule has 0 amide bonds. The molecule has 0 aliphatic heterocycles. The van der Waals surface area contributed by atoms with Crippen LogP contribution in [0.2, 0.25) is 0 Å². The molecular formula is C17H22O3. The molecule has 0 fully saturated rings. The van der Waals surface area contributed by atoms with Gasteiger partial charge in [-0.15, -0.1) is 6.58 Å². The Morgan fingerprint density at radius 1 is 1.25 bits per heavy atom. The monoisotopic (exact) mass is 274 g/mol. The molecule has 0 atom stereocenters. The molecule has 0 aliphatic carbocycles. The summed E-state index contributed by atoms with van der Waals surface area (Å²) in [5, 5.41) is 0. The van der Waals surface area contributed by atoms with Crippen molar-refractivity contribution in [2.45, 2.75) is 25.6 Å². The van der Waals surface area contributed by atoms with Gasteiger partial charge in [-0.25, -0.2) is 0 Å². The van der Waals surface area contributed by atoms with Crippen molar-refractivity contribution in [1.29, 1.82) is 0 Å². The Bertz CT molecular complexity index is 479. The van der Waals surface area contributed by atoms with Crippen LogP contribution < -0.4 is 4.74 Å². The minimum absolute atomic E-state index is 0.442. The van der Waals surface area contributed by atoms with E-state index >= 15 is 0 Å².